The highest BCUT2D eigenvalue weighted by Gasteiger charge is 2.18. The standard InChI is InChI=1S/C11H11N3O/c1-15-11-9(6-12)7-4-2-3-5-8(7)10(13)14-11/h3,5H,2,4H2,1H3,(H2,13,14). The molecule has 1 aromatic rings. The van der Waals surface area contributed by atoms with E-state index in [-0.39, 0.29) is 0 Å². The monoisotopic (exact) mass is 201 g/mol. The second-order valence-corrected chi connectivity index (χ2v) is 3.33. The first-order chi connectivity index (χ1) is 7.27. The molecule has 1 heterocycles. The molecule has 15 heavy (non-hydrogen) atoms. The number of nitrogens with two attached hydrogens (primary N) is 1. The van der Waals surface area contributed by atoms with Crippen molar-refractivity contribution in [2.45, 2.75) is 12.8 Å². The van der Waals surface area contributed by atoms with Gasteiger partial charge in [0.1, 0.15) is 17.5 Å². The summed E-state index contributed by atoms with van der Waals surface area (Å²) in [5.74, 6) is 0.751. The maximum absolute atomic E-state index is 9.06. The van der Waals surface area contributed by atoms with Gasteiger partial charge in [0.2, 0.25) is 5.88 Å². The number of aromatic nitrogens is 1. The molecule has 0 saturated carbocycles. The van der Waals surface area contributed by atoms with E-state index in [0.29, 0.717) is 17.3 Å². The van der Waals surface area contributed by atoms with Crippen molar-refractivity contribution in [1.29, 1.82) is 5.26 Å². The first-order valence-corrected chi connectivity index (χ1v) is 4.71. The van der Waals surface area contributed by atoms with Crippen LogP contribution in [-0.4, -0.2) is 12.1 Å². The van der Waals surface area contributed by atoms with Crippen LogP contribution < -0.4 is 10.5 Å². The normalized spacial score (nSPS) is 13.1. The quantitative estimate of drug-likeness (QED) is 0.747. The number of allylic oxidation sites excluding steroid dienone is 1. The first kappa shape index (κ1) is 9.53. The van der Waals surface area contributed by atoms with Gasteiger partial charge in [0.05, 0.1) is 7.11 Å². The third kappa shape index (κ3) is 1.42. The summed E-state index contributed by atoms with van der Waals surface area (Å²) in [7, 11) is 1.49. The molecule has 76 valence electrons. The fraction of sp³-hybridized carbons (Fsp3) is 0.273. The van der Waals surface area contributed by atoms with Crippen molar-refractivity contribution in [3.8, 4) is 11.9 Å². The Kier molecular flexibility index (Phi) is 2.30. The smallest absolute Gasteiger partial charge is 0.233 e. The van der Waals surface area contributed by atoms with E-state index >= 15 is 0 Å². The third-order valence-corrected chi connectivity index (χ3v) is 2.49. The van der Waals surface area contributed by atoms with Crippen molar-refractivity contribution in [3.05, 3.63) is 22.8 Å². The third-order valence-electron chi connectivity index (χ3n) is 2.49. The molecule has 2 rings (SSSR count). The van der Waals surface area contributed by atoms with E-state index in [1.807, 2.05) is 12.2 Å². The lowest BCUT2D eigenvalue weighted by molar-refractivity contribution is 0.396. The van der Waals surface area contributed by atoms with Crippen LogP contribution >= 0.6 is 0 Å². The summed E-state index contributed by atoms with van der Waals surface area (Å²) in [5, 5.41) is 9.06. The molecule has 4 nitrogen and oxygen atoms in total. The summed E-state index contributed by atoms with van der Waals surface area (Å²) in [4.78, 5) is 4.06. The van der Waals surface area contributed by atoms with Gasteiger partial charge in [-0.25, -0.2) is 0 Å². The maximum Gasteiger partial charge on any atom is 0.233 e. The van der Waals surface area contributed by atoms with Crippen LogP contribution in [-0.2, 0) is 6.42 Å². The minimum atomic E-state index is 0.323. The summed E-state index contributed by atoms with van der Waals surface area (Å²) in [6.07, 6.45) is 5.70. The molecular weight excluding hydrogens is 190 g/mol. The van der Waals surface area contributed by atoms with Crippen molar-refractivity contribution in [3.63, 3.8) is 0 Å². The van der Waals surface area contributed by atoms with Crippen LogP contribution in [0.1, 0.15) is 23.1 Å². The van der Waals surface area contributed by atoms with Crippen LogP contribution in [0.15, 0.2) is 6.08 Å². The van der Waals surface area contributed by atoms with Gasteiger partial charge in [-0.05, 0) is 18.4 Å². The Morgan fingerprint density at radius 3 is 3.07 bits per heavy atom. The van der Waals surface area contributed by atoms with Crippen molar-refractivity contribution >= 4 is 11.9 Å². The highest BCUT2D eigenvalue weighted by atomic mass is 16.5. The zero-order valence-electron chi connectivity index (χ0n) is 8.45. The van der Waals surface area contributed by atoms with Crippen LogP contribution in [0.5, 0.6) is 5.88 Å². The predicted octanol–water partition coefficient (Wildman–Crippen LogP) is 1.50. The zero-order chi connectivity index (χ0) is 10.8. The van der Waals surface area contributed by atoms with Gasteiger partial charge in [0.25, 0.3) is 0 Å². The van der Waals surface area contributed by atoms with E-state index in [1.54, 1.807) is 0 Å². The number of anilines is 1. The average molecular weight is 201 g/mol. The molecular formula is C11H11N3O. The van der Waals surface area contributed by atoms with Crippen LogP contribution in [0.3, 0.4) is 0 Å². The van der Waals surface area contributed by atoms with Gasteiger partial charge in [0, 0.05) is 5.56 Å². The maximum atomic E-state index is 9.06. The van der Waals surface area contributed by atoms with Gasteiger partial charge >= 0.3 is 0 Å². The molecule has 0 radical (unpaired) electrons. The summed E-state index contributed by atoms with van der Waals surface area (Å²) in [5.41, 5.74) is 8.10. The number of nitrogen functional groups attached to an aromatic ring is 1. The molecule has 0 fully saturated rings. The SMILES string of the molecule is COc1nc(N)c2c(c1C#N)CCC=C2. The van der Waals surface area contributed by atoms with Crippen LogP contribution in [0.2, 0.25) is 0 Å². The first-order valence-electron chi connectivity index (χ1n) is 4.71. The molecule has 1 aliphatic rings. The topological polar surface area (TPSA) is 71.9 Å². The number of nitrogens with zero attached hydrogens (tertiary/aromatic N) is 2. The molecule has 0 saturated heterocycles. The van der Waals surface area contributed by atoms with Gasteiger partial charge in [-0.2, -0.15) is 10.2 Å². The molecule has 0 aliphatic heterocycles. The Hall–Kier alpha value is -2.02. The van der Waals surface area contributed by atoms with Gasteiger partial charge in [0.15, 0.2) is 0 Å². The minimum Gasteiger partial charge on any atom is -0.480 e. The minimum absolute atomic E-state index is 0.323. The Morgan fingerprint density at radius 1 is 1.60 bits per heavy atom. The van der Waals surface area contributed by atoms with E-state index in [4.69, 9.17) is 15.7 Å². The van der Waals surface area contributed by atoms with Gasteiger partial charge in [-0.15, -0.1) is 0 Å². The number of fused-ring (bicyclic) bond motifs is 1. The summed E-state index contributed by atoms with van der Waals surface area (Å²) in [6, 6.07) is 2.12. The summed E-state index contributed by atoms with van der Waals surface area (Å²) in [6.45, 7) is 0. The molecule has 0 atom stereocenters. The van der Waals surface area contributed by atoms with Crippen LogP contribution in [0.4, 0.5) is 5.82 Å². The average Bonchev–Trinajstić information content (AvgIpc) is 2.29. The van der Waals surface area contributed by atoms with Crippen molar-refractivity contribution in [2.75, 3.05) is 12.8 Å². The molecule has 0 unspecified atom stereocenters. The van der Waals surface area contributed by atoms with Crippen molar-refractivity contribution < 1.29 is 4.74 Å². The molecule has 0 spiro atoms. The molecule has 0 bridgehead atoms. The summed E-state index contributed by atoms with van der Waals surface area (Å²) < 4.78 is 5.05. The lowest BCUT2D eigenvalue weighted by Gasteiger charge is -2.15. The van der Waals surface area contributed by atoms with Crippen LogP contribution in [0.25, 0.3) is 6.08 Å². The van der Waals surface area contributed by atoms with E-state index in [0.717, 1.165) is 24.0 Å². The largest absolute Gasteiger partial charge is 0.480 e. The lowest BCUT2D eigenvalue weighted by Crippen LogP contribution is -2.07. The Morgan fingerprint density at radius 2 is 2.40 bits per heavy atom. The number of methoxy groups -OCH3 is 1. The number of ether oxygens (including phenoxy) is 1. The van der Waals surface area contributed by atoms with Gasteiger partial charge in [-0.3, -0.25) is 0 Å². The Balaban J connectivity index is 2.73. The number of hydrogen-bond donors (Lipinski definition) is 1. The van der Waals surface area contributed by atoms with Crippen molar-refractivity contribution in [1.82, 2.24) is 4.98 Å². The lowest BCUT2D eigenvalue weighted by atomic mass is 9.94. The second-order valence-electron chi connectivity index (χ2n) is 3.33. The predicted molar refractivity (Wildman–Crippen MR) is 57.3 cm³/mol. The van der Waals surface area contributed by atoms with Gasteiger partial charge < -0.3 is 10.5 Å². The van der Waals surface area contributed by atoms with E-state index in [2.05, 4.69) is 11.1 Å². The molecule has 4 heteroatoms. The number of nitriles is 1. The molecule has 1 aliphatic carbocycles. The molecule has 2 N–H and O–H groups in total. The Labute approximate surface area is 88.0 Å². The second kappa shape index (κ2) is 3.62. The number of rotatable bonds is 1. The fourth-order valence-electron chi connectivity index (χ4n) is 1.78. The zero-order valence-corrected chi connectivity index (χ0v) is 8.45. The molecule has 1 aromatic heterocycles. The molecule has 0 amide bonds. The van der Waals surface area contributed by atoms with Crippen molar-refractivity contribution in [2.24, 2.45) is 0 Å². The Bertz CT molecular complexity index is 472. The fourth-order valence-corrected chi connectivity index (χ4v) is 1.78. The number of hydrogen-bond acceptors (Lipinski definition) is 4. The van der Waals surface area contributed by atoms with Gasteiger partial charge in [-0.1, -0.05) is 12.2 Å². The van der Waals surface area contributed by atoms with E-state index < -0.39 is 0 Å². The highest BCUT2D eigenvalue weighted by Crippen LogP contribution is 2.31. The van der Waals surface area contributed by atoms with E-state index in [9.17, 15) is 0 Å². The summed E-state index contributed by atoms with van der Waals surface area (Å²) >= 11 is 0. The van der Waals surface area contributed by atoms with Crippen LogP contribution in [0, 0.1) is 11.3 Å². The number of pyridine rings is 1. The molecule has 0 aromatic carbocycles. The highest BCUT2D eigenvalue weighted by molar-refractivity contribution is 5.71. The van der Waals surface area contributed by atoms with E-state index in [1.165, 1.54) is 7.11 Å².